The van der Waals surface area contributed by atoms with Gasteiger partial charge in [0.15, 0.2) is 0 Å². The van der Waals surface area contributed by atoms with Crippen LogP contribution in [0.2, 0.25) is 5.02 Å². The molecule has 1 aliphatic heterocycles. The molecular formula is C16H19Cl2N5O3. The van der Waals surface area contributed by atoms with Crippen LogP contribution in [0.4, 0.5) is 11.4 Å². The van der Waals surface area contributed by atoms with Gasteiger partial charge in [-0.05, 0) is 12.5 Å². The molecule has 0 bridgehead atoms. The van der Waals surface area contributed by atoms with Crippen LogP contribution >= 0.6 is 24.0 Å². The van der Waals surface area contributed by atoms with Crippen LogP contribution in [-0.2, 0) is 11.8 Å². The number of nitrogens with zero attached hydrogens (tertiary/aromatic N) is 3. The number of methoxy groups -OCH3 is 1. The van der Waals surface area contributed by atoms with Gasteiger partial charge in [-0.25, -0.2) is 0 Å². The number of hydrogen-bond acceptors (Lipinski definition) is 5. The van der Waals surface area contributed by atoms with Gasteiger partial charge >= 0.3 is 0 Å². The molecule has 2 amide bonds. The van der Waals surface area contributed by atoms with Crippen molar-refractivity contribution in [2.45, 2.75) is 12.5 Å². The molecule has 1 fully saturated rings. The first-order valence-corrected chi connectivity index (χ1v) is 8.02. The van der Waals surface area contributed by atoms with Gasteiger partial charge in [-0.1, -0.05) is 11.6 Å². The molecule has 140 valence electrons. The Morgan fingerprint density at radius 2 is 2.19 bits per heavy atom. The summed E-state index contributed by atoms with van der Waals surface area (Å²) in [6, 6.07) is 2.30. The molecule has 26 heavy (non-hydrogen) atoms. The Morgan fingerprint density at radius 3 is 2.81 bits per heavy atom. The van der Waals surface area contributed by atoms with Gasteiger partial charge in [-0.2, -0.15) is 5.10 Å². The molecule has 1 aromatic heterocycles. The lowest BCUT2D eigenvalue weighted by atomic mass is 10.1. The maximum absolute atomic E-state index is 12.6. The smallest absolute Gasteiger partial charge is 0.255 e. The van der Waals surface area contributed by atoms with Crippen molar-refractivity contribution < 1.29 is 14.3 Å². The lowest BCUT2D eigenvalue weighted by molar-refractivity contribution is -0.118. The number of amides is 2. The third-order valence-corrected chi connectivity index (χ3v) is 4.40. The molecule has 0 radical (unpaired) electrons. The largest absolute Gasteiger partial charge is 0.496 e. The standard InChI is InChI=1S/C16H18ClN5O3.ClH/c1-21-8-9(7-19-21)22-4-3-13(16(22)24)20-15(23)10-5-11(17)12(18)6-14(10)25-2;/h5-8,13H,3-4,18H2,1-2H3,(H,20,23);1H. The fourth-order valence-electron chi connectivity index (χ4n) is 2.77. The molecular weight excluding hydrogens is 381 g/mol. The second kappa shape index (κ2) is 7.84. The molecule has 1 unspecified atom stereocenters. The molecule has 2 heterocycles. The van der Waals surface area contributed by atoms with Gasteiger partial charge in [0.2, 0.25) is 5.91 Å². The lowest BCUT2D eigenvalue weighted by Crippen LogP contribution is -2.41. The van der Waals surface area contributed by atoms with Crippen LogP contribution in [0.25, 0.3) is 0 Å². The van der Waals surface area contributed by atoms with Gasteiger partial charge in [0.1, 0.15) is 11.8 Å². The van der Waals surface area contributed by atoms with Crippen molar-refractivity contribution in [1.82, 2.24) is 15.1 Å². The highest BCUT2D eigenvalue weighted by Crippen LogP contribution is 2.29. The Kier molecular flexibility index (Phi) is 5.99. The number of carbonyl (C=O) groups is 2. The van der Waals surface area contributed by atoms with E-state index in [1.165, 1.54) is 19.2 Å². The van der Waals surface area contributed by atoms with Crippen molar-refractivity contribution >= 4 is 47.2 Å². The van der Waals surface area contributed by atoms with Crippen molar-refractivity contribution in [2.24, 2.45) is 7.05 Å². The van der Waals surface area contributed by atoms with Gasteiger partial charge in [0.25, 0.3) is 5.91 Å². The van der Waals surface area contributed by atoms with Crippen molar-refractivity contribution in [3.05, 3.63) is 35.1 Å². The van der Waals surface area contributed by atoms with E-state index >= 15 is 0 Å². The van der Waals surface area contributed by atoms with Crippen LogP contribution in [0.15, 0.2) is 24.5 Å². The number of hydrogen-bond donors (Lipinski definition) is 2. The number of benzene rings is 1. The van der Waals surface area contributed by atoms with E-state index in [0.717, 1.165) is 0 Å². The predicted molar refractivity (Wildman–Crippen MR) is 101 cm³/mol. The van der Waals surface area contributed by atoms with Gasteiger partial charge in [0, 0.05) is 25.9 Å². The fourth-order valence-corrected chi connectivity index (χ4v) is 2.93. The summed E-state index contributed by atoms with van der Waals surface area (Å²) >= 11 is 5.99. The molecule has 1 aliphatic rings. The monoisotopic (exact) mass is 399 g/mol. The Morgan fingerprint density at radius 1 is 1.46 bits per heavy atom. The molecule has 1 atom stereocenters. The van der Waals surface area contributed by atoms with Crippen LogP contribution in [-0.4, -0.2) is 41.3 Å². The summed E-state index contributed by atoms with van der Waals surface area (Å²) in [7, 11) is 3.21. The second-order valence-corrected chi connectivity index (χ2v) is 6.16. The summed E-state index contributed by atoms with van der Waals surface area (Å²) in [6.45, 7) is 0.509. The van der Waals surface area contributed by atoms with Gasteiger partial charge in [0.05, 0.1) is 35.3 Å². The number of halogens is 2. The lowest BCUT2D eigenvalue weighted by Gasteiger charge is -2.16. The summed E-state index contributed by atoms with van der Waals surface area (Å²) < 4.78 is 6.80. The zero-order chi connectivity index (χ0) is 18.1. The number of nitrogen functional groups attached to an aromatic ring is 1. The third kappa shape index (κ3) is 3.71. The summed E-state index contributed by atoms with van der Waals surface area (Å²) in [6.07, 6.45) is 3.88. The number of ether oxygens (including phenoxy) is 1. The summed E-state index contributed by atoms with van der Waals surface area (Å²) in [5.41, 5.74) is 6.97. The number of aromatic nitrogens is 2. The van der Waals surface area contributed by atoms with Gasteiger partial charge in [-0.15, -0.1) is 12.4 Å². The average Bonchev–Trinajstić information content (AvgIpc) is 3.16. The molecule has 10 heteroatoms. The molecule has 2 aromatic rings. The van der Waals surface area contributed by atoms with Crippen molar-refractivity contribution in [3.63, 3.8) is 0 Å². The van der Waals surface area contributed by atoms with E-state index in [2.05, 4.69) is 10.4 Å². The van der Waals surface area contributed by atoms with Gasteiger partial charge in [-0.3, -0.25) is 14.3 Å². The Balaban J connectivity index is 0.00000243. The molecule has 0 spiro atoms. The molecule has 0 aliphatic carbocycles. The maximum atomic E-state index is 12.6. The Labute approximate surface area is 161 Å². The van der Waals surface area contributed by atoms with E-state index in [4.69, 9.17) is 22.1 Å². The summed E-state index contributed by atoms with van der Waals surface area (Å²) in [4.78, 5) is 26.7. The third-order valence-electron chi connectivity index (χ3n) is 4.08. The molecule has 3 rings (SSSR count). The topological polar surface area (TPSA) is 102 Å². The van der Waals surface area contributed by atoms with Crippen LogP contribution in [0, 0.1) is 0 Å². The van der Waals surface area contributed by atoms with E-state index in [9.17, 15) is 9.59 Å². The molecule has 3 N–H and O–H groups in total. The first-order chi connectivity index (χ1) is 11.9. The van der Waals surface area contributed by atoms with E-state index in [0.29, 0.717) is 30.1 Å². The second-order valence-electron chi connectivity index (χ2n) is 5.75. The highest BCUT2D eigenvalue weighted by molar-refractivity contribution is 6.33. The number of nitrogens with two attached hydrogens (primary N) is 1. The summed E-state index contributed by atoms with van der Waals surface area (Å²) in [5, 5.41) is 7.05. The molecule has 0 saturated carbocycles. The normalized spacial score (nSPS) is 16.3. The average molecular weight is 400 g/mol. The van der Waals surface area contributed by atoms with E-state index in [1.54, 1.807) is 29.0 Å². The van der Waals surface area contributed by atoms with Crippen LogP contribution in [0.5, 0.6) is 5.75 Å². The number of anilines is 2. The highest BCUT2D eigenvalue weighted by atomic mass is 35.5. The van der Waals surface area contributed by atoms with E-state index in [1.807, 2.05) is 0 Å². The fraction of sp³-hybridized carbons (Fsp3) is 0.312. The first-order valence-electron chi connectivity index (χ1n) is 7.64. The number of aryl methyl sites for hydroxylation is 1. The van der Waals surface area contributed by atoms with Crippen molar-refractivity contribution in [1.29, 1.82) is 0 Å². The Hall–Kier alpha value is -2.45. The number of rotatable bonds is 4. The minimum atomic E-state index is -0.617. The number of carbonyl (C=O) groups excluding carboxylic acids is 2. The first kappa shape index (κ1) is 19.9. The predicted octanol–water partition coefficient (Wildman–Crippen LogP) is 1.62. The minimum absolute atomic E-state index is 0. The Bertz CT molecular complexity index is 839. The minimum Gasteiger partial charge on any atom is -0.496 e. The van der Waals surface area contributed by atoms with Crippen LogP contribution < -0.4 is 20.7 Å². The molecule has 1 aromatic carbocycles. The molecule has 8 nitrogen and oxygen atoms in total. The summed E-state index contributed by atoms with van der Waals surface area (Å²) in [5.74, 6) is -0.319. The van der Waals surface area contributed by atoms with Crippen LogP contribution in [0.3, 0.4) is 0 Å². The number of nitrogens with one attached hydrogen (secondary N) is 1. The zero-order valence-electron chi connectivity index (χ0n) is 14.2. The van der Waals surface area contributed by atoms with E-state index in [-0.39, 0.29) is 28.9 Å². The van der Waals surface area contributed by atoms with Crippen molar-refractivity contribution in [2.75, 3.05) is 24.3 Å². The van der Waals surface area contributed by atoms with Crippen molar-refractivity contribution in [3.8, 4) is 5.75 Å². The zero-order valence-corrected chi connectivity index (χ0v) is 15.8. The molecule has 1 saturated heterocycles. The van der Waals surface area contributed by atoms with Crippen LogP contribution in [0.1, 0.15) is 16.8 Å². The van der Waals surface area contributed by atoms with E-state index < -0.39 is 11.9 Å². The maximum Gasteiger partial charge on any atom is 0.255 e. The highest BCUT2D eigenvalue weighted by Gasteiger charge is 2.34. The SMILES string of the molecule is COc1cc(N)c(Cl)cc1C(=O)NC1CCN(c2cnn(C)c2)C1=O.Cl. The van der Waals surface area contributed by atoms with Gasteiger partial charge < -0.3 is 20.7 Å². The quantitative estimate of drug-likeness (QED) is 0.760.